The van der Waals surface area contributed by atoms with Gasteiger partial charge in [0.25, 0.3) is 0 Å². The van der Waals surface area contributed by atoms with Crippen LogP contribution in [0.4, 0.5) is 5.82 Å². The van der Waals surface area contributed by atoms with Crippen molar-refractivity contribution in [3.63, 3.8) is 0 Å². The summed E-state index contributed by atoms with van der Waals surface area (Å²) in [5.74, 6) is 2.45. The zero-order valence-electron chi connectivity index (χ0n) is 12.2. The molecule has 1 aliphatic heterocycles. The molecule has 106 valence electrons. The van der Waals surface area contributed by atoms with E-state index in [1.54, 1.807) is 0 Å². The molecule has 0 radical (unpaired) electrons. The number of hydrogen-bond donors (Lipinski definition) is 1. The summed E-state index contributed by atoms with van der Waals surface area (Å²) in [6, 6.07) is 14.8. The van der Waals surface area contributed by atoms with Crippen LogP contribution in [0.1, 0.15) is 31.5 Å². The highest BCUT2D eigenvalue weighted by atomic mass is 15.2. The van der Waals surface area contributed by atoms with Crippen LogP contribution in [0.3, 0.4) is 0 Å². The summed E-state index contributed by atoms with van der Waals surface area (Å²) in [7, 11) is 0. The molecule has 0 fully saturated rings. The minimum atomic E-state index is 0.496. The topological polar surface area (TPSA) is 43.8 Å². The van der Waals surface area contributed by atoms with Crippen LogP contribution in [0.2, 0.25) is 0 Å². The van der Waals surface area contributed by atoms with Crippen molar-refractivity contribution in [1.82, 2.24) is 9.55 Å². The van der Waals surface area contributed by atoms with Gasteiger partial charge in [-0.2, -0.15) is 0 Å². The SMILES string of the molecule is CC1CCCn2c1nc(-c1ccc3ccccc3c1)c2N. The van der Waals surface area contributed by atoms with Gasteiger partial charge in [0, 0.05) is 18.0 Å². The van der Waals surface area contributed by atoms with E-state index in [1.807, 2.05) is 0 Å². The Labute approximate surface area is 124 Å². The molecule has 0 saturated carbocycles. The van der Waals surface area contributed by atoms with E-state index in [1.165, 1.54) is 23.6 Å². The summed E-state index contributed by atoms with van der Waals surface area (Å²) in [5.41, 5.74) is 8.41. The normalized spacial score (nSPS) is 17.9. The average molecular weight is 277 g/mol. The predicted octanol–water partition coefficient (Wildman–Crippen LogP) is 4.18. The highest BCUT2D eigenvalue weighted by Gasteiger charge is 2.23. The van der Waals surface area contributed by atoms with Crippen LogP contribution < -0.4 is 5.73 Å². The molecule has 2 N–H and O–H groups in total. The zero-order chi connectivity index (χ0) is 14.4. The molecule has 4 rings (SSSR count). The first kappa shape index (κ1) is 12.5. The fraction of sp³-hybridized carbons (Fsp3) is 0.278. The molecule has 0 saturated heterocycles. The molecule has 0 spiro atoms. The van der Waals surface area contributed by atoms with Crippen molar-refractivity contribution < 1.29 is 0 Å². The minimum Gasteiger partial charge on any atom is -0.383 e. The highest BCUT2D eigenvalue weighted by Crippen LogP contribution is 2.35. The van der Waals surface area contributed by atoms with Gasteiger partial charge in [0.05, 0.1) is 0 Å². The van der Waals surface area contributed by atoms with Crippen molar-refractivity contribution in [2.75, 3.05) is 5.73 Å². The third-order valence-corrected chi connectivity index (χ3v) is 4.52. The van der Waals surface area contributed by atoms with Gasteiger partial charge < -0.3 is 10.3 Å². The Morgan fingerprint density at radius 2 is 1.95 bits per heavy atom. The van der Waals surface area contributed by atoms with Crippen LogP contribution >= 0.6 is 0 Å². The van der Waals surface area contributed by atoms with Gasteiger partial charge in [0.1, 0.15) is 17.3 Å². The number of fused-ring (bicyclic) bond motifs is 2. The van der Waals surface area contributed by atoms with Crippen molar-refractivity contribution in [3.05, 3.63) is 48.3 Å². The summed E-state index contributed by atoms with van der Waals surface area (Å²) >= 11 is 0. The third-order valence-electron chi connectivity index (χ3n) is 4.52. The van der Waals surface area contributed by atoms with Gasteiger partial charge in [0.15, 0.2) is 0 Å². The van der Waals surface area contributed by atoms with Crippen molar-refractivity contribution in [3.8, 4) is 11.3 Å². The standard InChI is InChI=1S/C18H19N3/c1-12-5-4-10-21-17(19)16(20-18(12)21)15-9-8-13-6-2-3-7-14(13)11-15/h2-3,6-9,11-12H,4-5,10,19H2,1H3. The molecule has 0 bridgehead atoms. The van der Waals surface area contributed by atoms with Crippen LogP contribution in [-0.2, 0) is 6.54 Å². The van der Waals surface area contributed by atoms with Crippen LogP contribution in [0.5, 0.6) is 0 Å². The second-order valence-electron chi connectivity index (χ2n) is 5.96. The second-order valence-corrected chi connectivity index (χ2v) is 5.96. The Balaban J connectivity index is 1.88. The third kappa shape index (κ3) is 1.92. The van der Waals surface area contributed by atoms with Gasteiger partial charge in [-0.15, -0.1) is 0 Å². The maximum atomic E-state index is 6.36. The van der Waals surface area contributed by atoms with Crippen LogP contribution in [0.25, 0.3) is 22.0 Å². The molecule has 1 unspecified atom stereocenters. The first-order valence-electron chi connectivity index (χ1n) is 7.59. The molecule has 3 heteroatoms. The van der Waals surface area contributed by atoms with Crippen LogP contribution in [0.15, 0.2) is 42.5 Å². The fourth-order valence-electron chi connectivity index (χ4n) is 3.33. The van der Waals surface area contributed by atoms with Gasteiger partial charge in [-0.3, -0.25) is 0 Å². The summed E-state index contributed by atoms with van der Waals surface area (Å²) in [4.78, 5) is 4.85. The smallest absolute Gasteiger partial charge is 0.131 e. The molecular weight excluding hydrogens is 258 g/mol. The Morgan fingerprint density at radius 1 is 1.14 bits per heavy atom. The number of nitrogens with zero attached hydrogens (tertiary/aromatic N) is 2. The van der Waals surface area contributed by atoms with Gasteiger partial charge in [-0.1, -0.05) is 43.3 Å². The molecule has 3 nitrogen and oxygen atoms in total. The number of hydrogen-bond acceptors (Lipinski definition) is 2. The molecule has 2 heterocycles. The van der Waals surface area contributed by atoms with E-state index in [2.05, 4.69) is 54.0 Å². The number of imidazole rings is 1. The lowest BCUT2D eigenvalue weighted by molar-refractivity contribution is 0.467. The molecule has 0 aliphatic carbocycles. The van der Waals surface area contributed by atoms with E-state index in [4.69, 9.17) is 10.7 Å². The van der Waals surface area contributed by atoms with Crippen molar-refractivity contribution >= 4 is 16.6 Å². The van der Waals surface area contributed by atoms with E-state index in [-0.39, 0.29) is 0 Å². The van der Waals surface area contributed by atoms with E-state index in [9.17, 15) is 0 Å². The van der Waals surface area contributed by atoms with Crippen LogP contribution in [0, 0.1) is 0 Å². The monoisotopic (exact) mass is 277 g/mol. The lowest BCUT2D eigenvalue weighted by atomic mass is 10.0. The maximum absolute atomic E-state index is 6.36. The van der Waals surface area contributed by atoms with Crippen LogP contribution in [-0.4, -0.2) is 9.55 Å². The molecule has 3 aromatic rings. The summed E-state index contributed by atoms with van der Waals surface area (Å²) in [6.07, 6.45) is 2.39. The maximum Gasteiger partial charge on any atom is 0.131 e. The lowest BCUT2D eigenvalue weighted by Crippen LogP contribution is -2.15. The molecule has 0 amide bonds. The predicted molar refractivity (Wildman–Crippen MR) is 87.2 cm³/mol. The Bertz CT molecular complexity index is 816. The molecular formula is C18H19N3. The average Bonchev–Trinajstić information content (AvgIpc) is 2.86. The second kappa shape index (κ2) is 4.62. The van der Waals surface area contributed by atoms with Gasteiger partial charge >= 0.3 is 0 Å². The number of anilines is 1. The van der Waals surface area contributed by atoms with Crippen molar-refractivity contribution in [1.29, 1.82) is 0 Å². The number of aromatic nitrogens is 2. The van der Waals surface area contributed by atoms with E-state index in [0.717, 1.165) is 29.4 Å². The summed E-state index contributed by atoms with van der Waals surface area (Å²) in [6.45, 7) is 3.23. The molecule has 21 heavy (non-hydrogen) atoms. The minimum absolute atomic E-state index is 0.496. The fourth-order valence-corrected chi connectivity index (χ4v) is 3.33. The molecule has 1 aliphatic rings. The number of benzene rings is 2. The first-order chi connectivity index (χ1) is 10.2. The highest BCUT2D eigenvalue weighted by molar-refractivity contribution is 5.88. The number of rotatable bonds is 1. The molecule has 1 aromatic heterocycles. The number of nitrogen functional groups attached to an aromatic ring is 1. The lowest BCUT2D eigenvalue weighted by Gasteiger charge is -2.20. The first-order valence-corrected chi connectivity index (χ1v) is 7.59. The van der Waals surface area contributed by atoms with E-state index in [0.29, 0.717) is 5.92 Å². The molecule has 1 atom stereocenters. The summed E-state index contributed by atoms with van der Waals surface area (Å²) < 4.78 is 2.19. The zero-order valence-corrected chi connectivity index (χ0v) is 12.2. The van der Waals surface area contributed by atoms with Crippen molar-refractivity contribution in [2.45, 2.75) is 32.2 Å². The van der Waals surface area contributed by atoms with E-state index < -0.39 is 0 Å². The largest absolute Gasteiger partial charge is 0.383 e. The van der Waals surface area contributed by atoms with Gasteiger partial charge in [-0.05, 0) is 29.7 Å². The summed E-state index contributed by atoms with van der Waals surface area (Å²) in [5, 5.41) is 2.48. The van der Waals surface area contributed by atoms with Crippen molar-refractivity contribution in [2.24, 2.45) is 0 Å². The Kier molecular flexibility index (Phi) is 2.74. The Hall–Kier alpha value is -2.29. The number of nitrogens with two attached hydrogens (primary N) is 1. The van der Waals surface area contributed by atoms with Gasteiger partial charge in [-0.25, -0.2) is 4.98 Å². The quantitative estimate of drug-likeness (QED) is 0.725. The Morgan fingerprint density at radius 3 is 2.76 bits per heavy atom. The molecule has 2 aromatic carbocycles. The van der Waals surface area contributed by atoms with E-state index >= 15 is 0 Å². The van der Waals surface area contributed by atoms with Gasteiger partial charge in [0.2, 0.25) is 0 Å².